The Morgan fingerprint density at radius 3 is 2.65 bits per heavy atom. The van der Waals surface area contributed by atoms with Crippen molar-refractivity contribution in [3.8, 4) is 6.07 Å². The summed E-state index contributed by atoms with van der Waals surface area (Å²) in [6.07, 6.45) is 4.26. The second-order valence-corrected chi connectivity index (χ2v) is 10.5. The Morgan fingerprint density at radius 2 is 2.00 bits per heavy atom. The molecule has 4 rings (SSSR count). The molecule has 2 fully saturated rings. The van der Waals surface area contributed by atoms with Crippen LogP contribution in [0, 0.1) is 23.2 Å². The highest BCUT2D eigenvalue weighted by Crippen LogP contribution is 2.34. The number of carbonyl (C=O) groups is 3. The van der Waals surface area contributed by atoms with Crippen molar-refractivity contribution in [2.24, 2.45) is 11.8 Å². The second-order valence-electron chi connectivity index (χ2n) is 10.1. The van der Waals surface area contributed by atoms with Crippen LogP contribution < -0.4 is 16.0 Å². The quantitative estimate of drug-likeness (QED) is 0.458. The van der Waals surface area contributed by atoms with Crippen LogP contribution in [0.4, 0.5) is 0 Å². The lowest BCUT2D eigenvalue weighted by Crippen LogP contribution is -2.53. The number of rotatable bonds is 8. The number of H-pyrrole nitrogens is 1. The standard InChI is InChI=1S/C25H30ClN5O3/c1-25(2)9-8-16(22(32)31-25)11-17(13-27)28-23(33)19(10-14-6-7-14)30-24(34)20-12-15-4-3-5-18(26)21(15)29-20/h3-5,12,14,16-17,19,29H,6-11H2,1-2H3,(H,28,33)(H,30,34)(H,31,32). The zero-order chi connectivity index (χ0) is 24.5. The van der Waals surface area contributed by atoms with E-state index < -0.39 is 23.9 Å². The van der Waals surface area contributed by atoms with Crippen LogP contribution in [0.5, 0.6) is 0 Å². The van der Waals surface area contributed by atoms with E-state index in [0.29, 0.717) is 35.0 Å². The number of nitriles is 1. The molecule has 4 N–H and O–H groups in total. The molecule has 1 aromatic heterocycles. The fraction of sp³-hybridized carbons (Fsp3) is 0.520. The van der Waals surface area contributed by atoms with Crippen molar-refractivity contribution in [1.82, 2.24) is 20.9 Å². The van der Waals surface area contributed by atoms with E-state index in [4.69, 9.17) is 11.6 Å². The third-order valence-corrected chi connectivity index (χ3v) is 7.00. The highest BCUT2D eigenvalue weighted by atomic mass is 35.5. The number of piperidine rings is 1. The van der Waals surface area contributed by atoms with Crippen LogP contribution in [0.2, 0.25) is 5.02 Å². The summed E-state index contributed by atoms with van der Waals surface area (Å²) in [5.74, 6) is -0.857. The van der Waals surface area contributed by atoms with Crippen molar-refractivity contribution >= 4 is 40.2 Å². The summed E-state index contributed by atoms with van der Waals surface area (Å²) in [4.78, 5) is 41.5. The molecular weight excluding hydrogens is 454 g/mol. The lowest BCUT2D eigenvalue weighted by atomic mass is 9.83. The number of aromatic nitrogens is 1. The van der Waals surface area contributed by atoms with E-state index in [0.717, 1.165) is 24.6 Å². The number of aromatic amines is 1. The number of amides is 3. The number of hydrogen-bond donors (Lipinski definition) is 4. The first-order chi connectivity index (χ1) is 16.1. The number of nitrogens with one attached hydrogen (secondary N) is 4. The summed E-state index contributed by atoms with van der Waals surface area (Å²) in [5.41, 5.74) is 0.719. The van der Waals surface area contributed by atoms with Crippen LogP contribution in [0.15, 0.2) is 24.3 Å². The third kappa shape index (κ3) is 5.71. The molecule has 1 saturated heterocycles. The molecule has 2 aliphatic rings. The van der Waals surface area contributed by atoms with Gasteiger partial charge in [-0.1, -0.05) is 36.6 Å². The Morgan fingerprint density at radius 1 is 1.24 bits per heavy atom. The third-order valence-electron chi connectivity index (χ3n) is 6.68. The summed E-state index contributed by atoms with van der Waals surface area (Å²) in [6.45, 7) is 3.94. The van der Waals surface area contributed by atoms with Crippen LogP contribution in [0.3, 0.4) is 0 Å². The molecule has 3 unspecified atom stereocenters. The molecule has 9 heteroatoms. The second kappa shape index (κ2) is 9.67. The van der Waals surface area contributed by atoms with E-state index >= 15 is 0 Å². The minimum atomic E-state index is -0.810. The number of hydrogen-bond acceptors (Lipinski definition) is 4. The van der Waals surface area contributed by atoms with Gasteiger partial charge in [0.2, 0.25) is 11.8 Å². The zero-order valence-electron chi connectivity index (χ0n) is 19.4. The van der Waals surface area contributed by atoms with Crippen LogP contribution in [0.25, 0.3) is 10.9 Å². The van der Waals surface area contributed by atoms with Gasteiger partial charge in [-0.05, 0) is 57.6 Å². The predicted octanol–water partition coefficient (Wildman–Crippen LogP) is 3.42. The first-order valence-corrected chi connectivity index (χ1v) is 12.1. The Labute approximate surface area is 203 Å². The minimum absolute atomic E-state index is 0.0916. The van der Waals surface area contributed by atoms with Crippen LogP contribution in [-0.2, 0) is 9.59 Å². The molecule has 2 heterocycles. The van der Waals surface area contributed by atoms with E-state index in [1.807, 2.05) is 19.9 Å². The molecular formula is C25H30ClN5O3. The fourth-order valence-electron chi connectivity index (χ4n) is 4.49. The van der Waals surface area contributed by atoms with Gasteiger partial charge in [-0.15, -0.1) is 0 Å². The number of halogens is 1. The summed E-state index contributed by atoms with van der Waals surface area (Å²) < 4.78 is 0. The fourth-order valence-corrected chi connectivity index (χ4v) is 4.71. The first kappa shape index (κ1) is 24.1. The molecule has 1 aromatic carbocycles. The van der Waals surface area contributed by atoms with Gasteiger partial charge < -0.3 is 20.9 Å². The summed E-state index contributed by atoms with van der Waals surface area (Å²) in [7, 11) is 0. The lowest BCUT2D eigenvalue weighted by Gasteiger charge is -2.35. The highest BCUT2D eigenvalue weighted by molar-refractivity contribution is 6.35. The average Bonchev–Trinajstić information content (AvgIpc) is 3.48. The highest BCUT2D eigenvalue weighted by Gasteiger charge is 2.36. The lowest BCUT2D eigenvalue weighted by molar-refractivity contribution is -0.130. The van der Waals surface area contributed by atoms with E-state index in [1.165, 1.54) is 0 Å². The van der Waals surface area contributed by atoms with E-state index in [9.17, 15) is 19.6 Å². The van der Waals surface area contributed by atoms with E-state index in [1.54, 1.807) is 18.2 Å². The smallest absolute Gasteiger partial charge is 0.268 e. The number of benzene rings is 1. The molecule has 0 bridgehead atoms. The number of fused-ring (bicyclic) bond motifs is 1. The first-order valence-electron chi connectivity index (χ1n) is 11.8. The predicted molar refractivity (Wildman–Crippen MR) is 129 cm³/mol. The average molecular weight is 484 g/mol. The van der Waals surface area contributed by atoms with Crippen molar-refractivity contribution < 1.29 is 14.4 Å². The molecule has 8 nitrogen and oxygen atoms in total. The van der Waals surface area contributed by atoms with Gasteiger partial charge >= 0.3 is 0 Å². The Hall–Kier alpha value is -3.05. The van der Waals surface area contributed by atoms with Gasteiger partial charge in [0.1, 0.15) is 17.8 Å². The van der Waals surface area contributed by atoms with Gasteiger partial charge in [-0.25, -0.2) is 0 Å². The molecule has 3 atom stereocenters. The van der Waals surface area contributed by atoms with Crippen molar-refractivity contribution in [3.05, 3.63) is 35.0 Å². The van der Waals surface area contributed by atoms with E-state index in [-0.39, 0.29) is 23.8 Å². The maximum absolute atomic E-state index is 13.1. The Balaban J connectivity index is 1.41. The Bertz CT molecular complexity index is 1150. The van der Waals surface area contributed by atoms with Crippen LogP contribution in [0.1, 0.15) is 62.9 Å². The number of nitrogens with zero attached hydrogens (tertiary/aromatic N) is 1. The molecule has 1 aliphatic heterocycles. The van der Waals surface area contributed by atoms with Crippen molar-refractivity contribution in [1.29, 1.82) is 5.26 Å². The minimum Gasteiger partial charge on any atom is -0.351 e. The molecule has 1 aliphatic carbocycles. The Kier molecular flexibility index (Phi) is 6.85. The molecule has 3 amide bonds. The van der Waals surface area contributed by atoms with Gasteiger partial charge in [0.15, 0.2) is 0 Å². The largest absolute Gasteiger partial charge is 0.351 e. The van der Waals surface area contributed by atoms with Crippen molar-refractivity contribution in [3.63, 3.8) is 0 Å². The molecule has 0 spiro atoms. The number of carbonyl (C=O) groups excluding carboxylic acids is 3. The van der Waals surface area contributed by atoms with Crippen molar-refractivity contribution in [2.75, 3.05) is 0 Å². The molecule has 1 saturated carbocycles. The van der Waals surface area contributed by atoms with Crippen molar-refractivity contribution in [2.45, 2.75) is 70.0 Å². The normalized spacial score (nSPS) is 21.2. The molecule has 2 aromatic rings. The monoisotopic (exact) mass is 483 g/mol. The summed E-state index contributed by atoms with van der Waals surface area (Å²) in [5, 5.41) is 19.5. The summed E-state index contributed by atoms with van der Waals surface area (Å²) in [6, 6.07) is 7.62. The SMILES string of the molecule is CC1(C)CCC(CC(C#N)NC(=O)C(CC2CC2)NC(=O)c2cc3cccc(Cl)c3[nH]2)C(=O)N1. The zero-order valence-corrected chi connectivity index (χ0v) is 20.2. The topological polar surface area (TPSA) is 127 Å². The van der Waals surface area contributed by atoms with Gasteiger partial charge in [0.05, 0.1) is 16.6 Å². The van der Waals surface area contributed by atoms with Crippen LogP contribution in [-0.4, -0.2) is 40.3 Å². The maximum Gasteiger partial charge on any atom is 0.268 e. The van der Waals surface area contributed by atoms with Crippen LogP contribution >= 0.6 is 11.6 Å². The maximum atomic E-state index is 13.1. The van der Waals surface area contributed by atoms with E-state index in [2.05, 4.69) is 27.0 Å². The summed E-state index contributed by atoms with van der Waals surface area (Å²) >= 11 is 6.20. The van der Waals surface area contributed by atoms with Gasteiger partial charge in [-0.2, -0.15) is 5.26 Å². The van der Waals surface area contributed by atoms with Gasteiger partial charge in [-0.3, -0.25) is 14.4 Å². The van der Waals surface area contributed by atoms with Gasteiger partial charge in [0.25, 0.3) is 5.91 Å². The number of para-hydroxylation sites is 1. The molecule has 0 radical (unpaired) electrons. The molecule has 34 heavy (non-hydrogen) atoms. The molecule has 180 valence electrons. The van der Waals surface area contributed by atoms with Gasteiger partial charge in [0, 0.05) is 16.8 Å².